The summed E-state index contributed by atoms with van der Waals surface area (Å²) >= 11 is 0. The molecule has 0 radical (unpaired) electrons. The monoisotopic (exact) mass is 247 g/mol. The SMILES string of the molecule is C[C@@H]1O[C@@H](n2ccc(N)nc2=O)C(F)(F)[C@@H]1O. The highest BCUT2D eigenvalue weighted by Gasteiger charge is 2.58. The number of rotatable bonds is 1. The number of nitrogens with zero attached hydrogens (tertiary/aromatic N) is 2. The van der Waals surface area contributed by atoms with Gasteiger partial charge in [-0.1, -0.05) is 0 Å². The lowest BCUT2D eigenvalue weighted by atomic mass is 10.1. The second-order valence-corrected chi connectivity index (χ2v) is 3.86. The highest BCUT2D eigenvalue weighted by atomic mass is 19.3. The van der Waals surface area contributed by atoms with Crippen molar-refractivity contribution in [3.63, 3.8) is 0 Å². The van der Waals surface area contributed by atoms with Crippen LogP contribution in [-0.2, 0) is 4.74 Å². The predicted octanol–water partition coefficient (Wildman–Crippen LogP) is -0.261. The van der Waals surface area contributed by atoms with Gasteiger partial charge in [-0.15, -0.1) is 0 Å². The Morgan fingerprint density at radius 1 is 1.65 bits per heavy atom. The highest BCUT2D eigenvalue weighted by molar-refractivity contribution is 5.23. The van der Waals surface area contributed by atoms with E-state index in [0.29, 0.717) is 4.57 Å². The molecule has 1 aromatic rings. The number of aromatic nitrogens is 2. The van der Waals surface area contributed by atoms with Crippen molar-refractivity contribution in [3.8, 4) is 0 Å². The maximum atomic E-state index is 13.6. The van der Waals surface area contributed by atoms with Crippen LogP contribution in [0.1, 0.15) is 13.2 Å². The Bertz CT molecular complexity index is 491. The van der Waals surface area contributed by atoms with Crippen molar-refractivity contribution in [1.29, 1.82) is 0 Å². The quantitative estimate of drug-likeness (QED) is 0.713. The van der Waals surface area contributed by atoms with E-state index < -0.39 is 30.0 Å². The van der Waals surface area contributed by atoms with Crippen molar-refractivity contribution in [2.45, 2.75) is 31.3 Å². The van der Waals surface area contributed by atoms with Gasteiger partial charge in [-0.25, -0.2) is 4.79 Å². The first kappa shape index (κ1) is 11.9. The van der Waals surface area contributed by atoms with Gasteiger partial charge in [-0.05, 0) is 13.0 Å². The van der Waals surface area contributed by atoms with Crippen molar-refractivity contribution in [3.05, 3.63) is 22.7 Å². The van der Waals surface area contributed by atoms with Gasteiger partial charge in [0.05, 0.1) is 6.10 Å². The lowest BCUT2D eigenvalue weighted by Gasteiger charge is -2.20. The van der Waals surface area contributed by atoms with E-state index in [1.807, 2.05) is 0 Å². The lowest BCUT2D eigenvalue weighted by Crippen LogP contribution is -2.41. The van der Waals surface area contributed by atoms with Gasteiger partial charge in [-0.3, -0.25) is 4.57 Å². The summed E-state index contributed by atoms with van der Waals surface area (Å²) < 4.78 is 32.7. The fourth-order valence-corrected chi connectivity index (χ4v) is 1.68. The number of hydrogen-bond donors (Lipinski definition) is 2. The first-order valence-corrected chi connectivity index (χ1v) is 4.90. The molecule has 0 spiro atoms. The lowest BCUT2D eigenvalue weighted by molar-refractivity contribution is -0.140. The Labute approximate surface area is 94.6 Å². The van der Waals surface area contributed by atoms with Crippen LogP contribution in [0.25, 0.3) is 0 Å². The van der Waals surface area contributed by atoms with E-state index in [1.165, 1.54) is 13.0 Å². The Hall–Kier alpha value is -1.54. The minimum atomic E-state index is -3.55. The normalized spacial score (nSPS) is 31.6. The van der Waals surface area contributed by atoms with Crippen molar-refractivity contribution in [2.24, 2.45) is 0 Å². The summed E-state index contributed by atoms with van der Waals surface area (Å²) in [4.78, 5) is 14.7. The molecule has 1 fully saturated rings. The van der Waals surface area contributed by atoms with Crippen molar-refractivity contribution in [1.82, 2.24) is 9.55 Å². The van der Waals surface area contributed by atoms with Gasteiger partial charge in [0.1, 0.15) is 11.9 Å². The number of alkyl halides is 2. The first-order chi connectivity index (χ1) is 7.84. The van der Waals surface area contributed by atoms with Crippen LogP contribution in [0.5, 0.6) is 0 Å². The van der Waals surface area contributed by atoms with E-state index in [9.17, 15) is 18.7 Å². The van der Waals surface area contributed by atoms with Gasteiger partial charge in [0, 0.05) is 6.20 Å². The minimum absolute atomic E-state index is 0.0684. The van der Waals surface area contributed by atoms with E-state index in [4.69, 9.17) is 10.5 Å². The molecule has 2 rings (SSSR count). The van der Waals surface area contributed by atoms with Crippen molar-refractivity contribution < 1.29 is 18.6 Å². The smallest absolute Gasteiger partial charge is 0.351 e. The van der Waals surface area contributed by atoms with Crippen molar-refractivity contribution in [2.75, 3.05) is 5.73 Å². The number of nitrogen functional groups attached to an aromatic ring is 1. The summed E-state index contributed by atoms with van der Waals surface area (Å²) in [5.74, 6) is -3.62. The molecule has 8 heteroatoms. The molecule has 1 aliphatic heterocycles. The summed E-state index contributed by atoms with van der Waals surface area (Å²) in [6.45, 7) is 1.30. The zero-order chi connectivity index (χ0) is 12.8. The number of nitrogens with two attached hydrogens (primary N) is 1. The second-order valence-electron chi connectivity index (χ2n) is 3.86. The molecule has 6 nitrogen and oxygen atoms in total. The Morgan fingerprint density at radius 2 is 2.29 bits per heavy atom. The molecule has 1 aliphatic rings. The number of ether oxygens (including phenoxy) is 1. The van der Waals surface area contributed by atoms with E-state index in [-0.39, 0.29) is 5.82 Å². The fourth-order valence-electron chi connectivity index (χ4n) is 1.68. The third-order valence-electron chi connectivity index (χ3n) is 2.62. The molecule has 1 saturated heterocycles. The average Bonchev–Trinajstić information content (AvgIpc) is 2.43. The van der Waals surface area contributed by atoms with Gasteiger partial charge in [0.15, 0.2) is 0 Å². The molecule has 0 aliphatic carbocycles. The summed E-state index contributed by atoms with van der Waals surface area (Å²) in [6.07, 6.45) is -3.84. The van der Waals surface area contributed by atoms with Crippen LogP contribution in [0, 0.1) is 0 Å². The van der Waals surface area contributed by atoms with Gasteiger partial charge >= 0.3 is 11.6 Å². The molecule has 0 bridgehead atoms. The van der Waals surface area contributed by atoms with Crippen molar-refractivity contribution >= 4 is 5.82 Å². The highest BCUT2D eigenvalue weighted by Crippen LogP contribution is 2.41. The van der Waals surface area contributed by atoms with E-state index in [0.717, 1.165) is 6.20 Å². The molecule has 1 aromatic heterocycles. The average molecular weight is 247 g/mol. The third kappa shape index (κ3) is 1.79. The van der Waals surface area contributed by atoms with Gasteiger partial charge in [-0.2, -0.15) is 13.8 Å². The standard InChI is InChI=1S/C9H11F2N3O3/c1-4-6(15)9(10,11)7(17-4)14-3-2-5(12)13-8(14)16/h2-4,6-7,15H,1H3,(H2,12,13,16)/t4-,6+,7+/m0/s1. The Morgan fingerprint density at radius 3 is 2.76 bits per heavy atom. The van der Waals surface area contributed by atoms with Crippen LogP contribution >= 0.6 is 0 Å². The van der Waals surface area contributed by atoms with Gasteiger partial charge < -0.3 is 15.6 Å². The van der Waals surface area contributed by atoms with Crippen LogP contribution in [-0.4, -0.2) is 32.8 Å². The summed E-state index contributed by atoms with van der Waals surface area (Å²) in [7, 11) is 0. The molecule has 17 heavy (non-hydrogen) atoms. The molecule has 94 valence electrons. The van der Waals surface area contributed by atoms with Crippen LogP contribution in [0.15, 0.2) is 17.1 Å². The molecule has 0 amide bonds. The summed E-state index contributed by atoms with van der Waals surface area (Å²) in [6, 6.07) is 1.20. The molecular formula is C9H11F2N3O3. The van der Waals surface area contributed by atoms with Crippen LogP contribution in [0.2, 0.25) is 0 Å². The first-order valence-electron chi connectivity index (χ1n) is 4.90. The second kappa shape index (κ2) is 3.74. The predicted molar refractivity (Wildman–Crippen MR) is 53.4 cm³/mol. The van der Waals surface area contributed by atoms with E-state index >= 15 is 0 Å². The van der Waals surface area contributed by atoms with Gasteiger partial charge in [0.2, 0.25) is 6.23 Å². The summed E-state index contributed by atoms with van der Waals surface area (Å²) in [5.41, 5.74) is 4.30. The maximum absolute atomic E-state index is 13.6. The zero-order valence-electron chi connectivity index (χ0n) is 8.88. The van der Waals surface area contributed by atoms with Crippen LogP contribution in [0.3, 0.4) is 0 Å². The van der Waals surface area contributed by atoms with Crippen LogP contribution < -0.4 is 11.4 Å². The van der Waals surface area contributed by atoms with Crippen LogP contribution in [0.4, 0.5) is 14.6 Å². The Balaban J connectivity index is 2.45. The maximum Gasteiger partial charge on any atom is 0.351 e. The molecule has 0 unspecified atom stereocenters. The molecular weight excluding hydrogens is 236 g/mol. The number of hydrogen-bond acceptors (Lipinski definition) is 5. The number of aliphatic hydroxyl groups is 1. The molecule has 2 heterocycles. The van der Waals surface area contributed by atoms with E-state index in [2.05, 4.69) is 4.98 Å². The van der Waals surface area contributed by atoms with E-state index in [1.54, 1.807) is 0 Å². The topological polar surface area (TPSA) is 90.4 Å². The Kier molecular flexibility index (Phi) is 2.63. The van der Waals surface area contributed by atoms with Gasteiger partial charge in [0.25, 0.3) is 0 Å². The molecule has 3 N–H and O–H groups in total. The molecule has 0 aromatic carbocycles. The number of anilines is 1. The number of halogens is 2. The third-order valence-corrected chi connectivity index (χ3v) is 2.62. The molecule has 3 atom stereocenters. The molecule has 0 saturated carbocycles. The zero-order valence-corrected chi connectivity index (χ0v) is 8.88. The fraction of sp³-hybridized carbons (Fsp3) is 0.556. The summed E-state index contributed by atoms with van der Waals surface area (Å²) in [5, 5.41) is 9.27. The number of aliphatic hydroxyl groups excluding tert-OH is 1. The largest absolute Gasteiger partial charge is 0.384 e. The minimum Gasteiger partial charge on any atom is -0.384 e.